The molecular formula is C48H46Cl2F2N14O5S2. The zero-order valence-corrected chi connectivity index (χ0v) is 42.7. The minimum absolute atomic E-state index is 0.00642. The number of piperazine rings is 2. The molecule has 2 aliphatic rings. The number of hydrogen-bond acceptors (Lipinski definition) is 18. The van der Waals surface area contributed by atoms with Crippen molar-refractivity contribution in [1.29, 1.82) is 0 Å². The lowest BCUT2D eigenvalue weighted by molar-refractivity contribution is 0.0615. The van der Waals surface area contributed by atoms with Crippen molar-refractivity contribution in [1.82, 2.24) is 59.4 Å². The van der Waals surface area contributed by atoms with Gasteiger partial charge in [-0.15, -0.1) is 22.7 Å². The average molecular weight is 1070 g/mol. The van der Waals surface area contributed by atoms with Crippen LogP contribution in [-0.2, 0) is 24.6 Å². The average Bonchev–Trinajstić information content (AvgIpc) is 4.24. The SMILES string of the molecule is COCn1ccsc1=Nc1cc(-c2nc(C)no2)cc(CN2CCN(C(=O)c3cccc(Cl)c3F)CC2)n1.Cc1noc(-c2cc(CN3CCN(C(=O)c4cccc(Cl)c4F)CC3)nc(Nc3nccs3)c2)n1. The van der Waals surface area contributed by atoms with Crippen LogP contribution in [0.25, 0.3) is 22.9 Å². The van der Waals surface area contributed by atoms with Crippen molar-refractivity contribution in [3.05, 3.63) is 144 Å². The zero-order valence-electron chi connectivity index (χ0n) is 39.5. The summed E-state index contributed by atoms with van der Waals surface area (Å²) in [5.41, 5.74) is 3.02. The quantitative estimate of drug-likeness (QED) is 0.115. The maximum absolute atomic E-state index is 14.4. The van der Waals surface area contributed by atoms with Crippen LogP contribution in [0.5, 0.6) is 0 Å². The normalized spacial score (nSPS) is 14.6. The molecule has 8 aromatic rings. The number of hydrogen-bond donors (Lipinski definition) is 1. The molecule has 378 valence electrons. The number of nitrogens with zero attached hydrogens (tertiary/aromatic N) is 13. The van der Waals surface area contributed by atoms with E-state index in [1.165, 1.54) is 46.9 Å². The molecule has 6 aromatic heterocycles. The highest BCUT2D eigenvalue weighted by Gasteiger charge is 2.27. The van der Waals surface area contributed by atoms with Crippen LogP contribution in [-0.4, -0.2) is 131 Å². The van der Waals surface area contributed by atoms with Gasteiger partial charge in [0.15, 0.2) is 39.0 Å². The van der Waals surface area contributed by atoms with Crippen molar-refractivity contribution < 1.29 is 32.2 Å². The molecule has 1 N–H and O–H groups in total. The van der Waals surface area contributed by atoms with Crippen LogP contribution in [0.3, 0.4) is 0 Å². The first-order valence-corrected chi connectivity index (χ1v) is 25.3. The Labute approximate surface area is 434 Å². The Morgan fingerprint density at radius 1 is 0.726 bits per heavy atom. The highest BCUT2D eigenvalue weighted by atomic mass is 35.5. The molecule has 10 rings (SSSR count). The number of benzene rings is 2. The van der Waals surface area contributed by atoms with Crippen molar-refractivity contribution in [2.24, 2.45) is 4.99 Å². The molecule has 19 nitrogen and oxygen atoms in total. The molecule has 0 unspecified atom stereocenters. The Kier molecular flexibility index (Phi) is 16.3. The van der Waals surface area contributed by atoms with Crippen LogP contribution in [0.4, 0.5) is 25.5 Å². The predicted octanol–water partition coefficient (Wildman–Crippen LogP) is 8.28. The summed E-state index contributed by atoms with van der Waals surface area (Å²) in [6.45, 7) is 9.28. The number of amides is 2. The monoisotopic (exact) mass is 1070 g/mol. The molecule has 73 heavy (non-hydrogen) atoms. The van der Waals surface area contributed by atoms with E-state index in [1.54, 1.807) is 49.1 Å². The molecule has 2 aromatic carbocycles. The highest BCUT2D eigenvalue weighted by molar-refractivity contribution is 7.13. The number of rotatable bonds is 13. The molecule has 0 saturated carbocycles. The number of aryl methyl sites for hydroxylation is 2. The van der Waals surface area contributed by atoms with E-state index < -0.39 is 11.6 Å². The number of carbonyl (C=O) groups excluding carboxylic acids is 2. The Morgan fingerprint density at radius 2 is 1.27 bits per heavy atom. The van der Waals surface area contributed by atoms with Gasteiger partial charge in [0.2, 0.25) is 0 Å². The van der Waals surface area contributed by atoms with E-state index in [-0.39, 0.29) is 33.0 Å². The third-order valence-corrected chi connectivity index (χ3v) is 13.6. The van der Waals surface area contributed by atoms with Gasteiger partial charge in [-0.3, -0.25) is 24.0 Å². The number of aromatic nitrogens is 8. The lowest BCUT2D eigenvalue weighted by atomic mass is 10.1. The smallest absolute Gasteiger partial charge is 0.258 e. The maximum Gasteiger partial charge on any atom is 0.258 e. The first-order valence-electron chi connectivity index (χ1n) is 22.8. The number of methoxy groups -OCH3 is 1. The summed E-state index contributed by atoms with van der Waals surface area (Å²) in [4.78, 5) is 61.2. The van der Waals surface area contributed by atoms with Crippen LogP contribution in [0.15, 0.2) is 97.9 Å². The van der Waals surface area contributed by atoms with Gasteiger partial charge in [0.25, 0.3) is 23.6 Å². The fourth-order valence-electron chi connectivity index (χ4n) is 7.99. The van der Waals surface area contributed by atoms with Crippen LogP contribution >= 0.6 is 45.9 Å². The number of ether oxygens (including phenoxy) is 1. The summed E-state index contributed by atoms with van der Waals surface area (Å²) in [7, 11) is 1.63. The molecule has 0 atom stereocenters. The number of carbonyl (C=O) groups is 2. The highest BCUT2D eigenvalue weighted by Crippen LogP contribution is 2.28. The van der Waals surface area contributed by atoms with Crippen LogP contribution < -0.4 is 10.1 Å². The summed E-state index contributed by atoms with van der Waals surface area (Å²) in [6.07, 6.45) is 3.62. The second kappa shape index (κ2) is 23.3. The Bertz CT molecular complexity index is 3280. The fourth-order valence-corrected chi connectivity index (χ4v) is 9.60. The molecule has 2 saturated heterocycles. The fraction of sp³-hybridized carbons (Fsp3) is 0.292. The molecule has 0 bridgehead atoms. The lowest BCUT2D eigenvalue weighted by Crippen LogP contribution is -2.48. The summed E-state index contributed by atoms with van der Waals surface area (Å²) in [5.74, 6) is 0.912. The number of nitrogens with one attached hydrogen (secondary N) is 1. The molecule has 0 aliphatic carbocycles. The molecule has 25 heteroatoms. The van der Waals surface area contributed by atoms with E-state index in [0.717, 1.165) is 32.4 Å². The molecule has 2 amide bonds. The number of halogens is 4. The van der Waals surface area contributed by atoms with Gasteiger partial charge in [-0.2, -0.15) is 9.97 Å². The predicted molar refractivity (Wildman–Crippen MR) is 270 cm³/mol. The Hall–Kier alpha value is -6.86. The van der Waals surface area contributed by atoms with Crippen molar-refractivity contribution in [2.75, 3.05) is 64.8 Å². The third-order valence-electron chi connectivity index (χ3n) is 11.6. The van der Waals surface area contributed by atoms with Crippen LogP contribution in [0.1, 0.15) is 43.8 Å². The number of thiazole rings is 2. The van der Waals surface area contributed by atoms with Gasteiger partial charge in [0.05, 0.1) is 32.6 Å². The van der Waals surface area contributed by atoms with E-state index in [9.17, 15) is 18.4 Å². The second-order valence-electron chi connectivity index (χ2n) is 16.7. The van der Waals surface area contributed by atoms with Crippen molar-refractivity contribution in [2.45, 2.75) is 33.7 Å². The molecule has 0 spiro atoms. The molecule has 0 radical (unpaired) electrons. The first-order chi connectivity index (χ1) is 35.4. The van der Waals surface area contributed by atoms with Crippen molar-refractivity contribution >= 4 is 74.5 Å². The summed E-state index contributed by atoms with van der Waals surface area (Å²) >= 11 is 14.6. The summed E-state index contributed by atoms with van der Waals surface area (Å²) in [5, 5.41) is 15.4. The molecule has 2 aliphatic heterocycles. The van der Waals surface area contributed by atoms with E-state index in [2.05, 4.69) is 40.4 Å². The third kappa shape index (κ3) is 12.7. The number of anilines is 2. The summed E-state index contributed by atoms with van der Waals surface area (Å²) in [6, 6.07) is 16.4. The van der Waals surface area contributed by atoms with E-state index in [1.807, 2.05) is 45.8 Å². The minimum atomic E-state index is -0.687. The van der Waals surface area contributed by atoms with Crippen LogP contribution in [0.2, 0.25) is 10.0 Å². The Morgan fingerprint density at radius 3 is 1.78 bits per heavy atom. The number of pyridine rings is 2. The molecule has 8 heterocycles. The molecule has 2 fully saturated rings. The molecular weight excluding hydrogens is 1030 g/mol. The van der Waals surface area contributed by atoms with Gasteiger partial charge in [0.1, 0.15) is 12.5 Å². The second-order valence-corrected chi connectivity index (χ2v) is 19.3. The largest absolute Gasteiger partial charge is 0.364 e. The van der Waals surface area contributed by atoms with E-state index >= 15 is 0 Å². The topological polar surface area (TPSA) is 202 Å². The summed E-state index contributed by atoms with van der Waals surface area (Å²) < 4.78 is 46.5. The van der Waals surface area contributed by atoms with Gasteiger partial charge in [-0.05, 0) is 62.4 Å². The zero-order chi connectivity index (χ0) is 51.0. The lowest BCUT2D eigenvalue weighted by Gasteiger charge is -2.34. The van der Waals surface area contributed by atoms with Gasteiger partial charge in [-0.1, -0.05) is 45.6 Å². The van der Waals surface area contributed by atoms with Crippen LogP contribution in [0, 0.1) is 25.5 Å². The van der Waals surface area contributed by atoms with E-state index in [0.29, 0.717) is 107 Å². The van der Waals surface area contributed by atoms with Gasteiger partial charge >= 0.3 is 0 Å². The van der Waals surface area contributed by atoms with Gasteiger partial charge in [0, 0.05) is 107 Å². The van der Waals surface area contributed by atoms with E-state index in [4.69, 9.17) is 51.9 Å². The van der Waals surface area contributed by atoms with Gasteiger partial charge < -0.3 is 28.9 Å². The van der Waals surface area contributed by atoms with Crippen molar-refractivity contribution in [3.8, 4) is 22.9 Å². The minimum Gasteiger partial charge on any atom is -0.364 e. The first kappa shape index (κ1) is 51.1. The Balaban J connectivity index is 0.000000180. The maximum atomic E-state index is 14.4. The van der Waals surface area contributed by atoms with Crippen molar-refractivity contribution in [3.63, 3.8) is 0 Å². The van der Waals surface area contributed by atoms with Gasteiger partial charge in [-0.25, -0.2) is 28.7 Å². The standard InChI is InChI=1S/C25H25ClFN7O3S.C23H21ClFN7O2S/c1-16-28-23(37-31-16)17-12-18(29-21(13-17)30-25-34(15-36-2)10-11-38-25)14-32-6-8-33(9-7-32)24(35)19-4-3-5-20(26)22(19)27;1-14-27-21(34-30-14)15-11-16(28-19(12-15)29-23-26-5-10-35-23)13-31-6-8-32(9-7-31)22(33)17-3-2-4-18(24)20(17)25/h3-5,10-13H,6-9,14-15H2,1-2H3;2-5,10-12H,6-9,13H2,1H3,(H,26,28,29).